The van der Waals surface area contributed by atoms with Crippen molar-refractivity contribution in [1.82, 2.24) is 19.7 Å². The molecule has 4 aliphatic heterocycles. The summed E-state index contributed by atoms with van der Waals surface area (Å²) in [5.41, 5.74) is 0. The van der Waals surface area contributed by atoms with Gasteiger partial charge in [0.15, 0.2) is 5.03 Å². The molecule has 116 valence electrons. The van der Waals surface area contributed by atoms with Crippen molar-refractivity contribution >= 4 is 15.9 Å². The van der Waals surface area contributed by atoms with Gasteiger partial charge in [-0.25, -0.2) is 24.8 Å². The third kappa shape index (κ3) is 3.25. The van der Waals surface area contributed by atoms with Crippen LogP contribution in [0.15, 0.2) is 0 Å². The largest absolute Gasteiger partial charge is 1.00 e. The number of halogens is 2. The number of alkyl halides is 1. The first kappa shape index (κ1) is 16.4. The van der Waals surface area contributed by atoms with Gasteiger partial charge in [0.2, 0.25) is 0 Å². The fraction of sp³-hybridized carbons (Fsp3) is 1.00. The molecule has 0 unspecified atom stereocenters. The highest BCUT2D eigenvalue weighted by atomic mass is 79.9. The molecule has 20 heavy (non-hydrogen) atoms. The molecule has 0 aromatic heterocycles. The number of nitrogens with zero attached hydrogens (tertiary/aromatic N) is 6. The first-order valence-corrected chi connectivity index (χ1v) is 7.70. The van der Waals surface area contributed by atoms with Gasteiger partial charge in [0.25, 0.3) is 0 Å². The van der Waals surface area contributed by atoms with Crippen LogP contribution in [-0.4, -0.2) is 94.2 Å². The number of rotatable bonds is 6. The Balaban J connectivity index is 0.00000147. The van der Waals surface area contributed by atoms with Crippen LogP contribution in [0.1, 0.15) is 0 Å². The quantitative estimate of drug-likeness (QED) is 0.193. The van der Waals surface area contributed by atoms with E-state index in [2.05, 4.69) is 30.6 Å². The van der Waals surface area contributed by atoms with Gasteiger partial charge in [0.1, 0.15) is 33.1 Å². The predicted octanol–water partition coefficient (Wildman–Crippen LogP) is -3.61. The van der Waals surface area contributed by atoms with E-state index < -0.39 is 0 Å². The van der Waals surface area contributed by atoms with E-state index in [4.69, 9.17) is 0 Å². The lowest BCUT2D eigenvalue weighted by molar-refractivity contribution is -0.981. The van der Waals surface area contributed by atoms with Gasteiger partial charge in [-0.15, -0.1) is 5.01 Å². The smallest absolute Gasteiger partial charge is 0.160 e. The molecule has 4 rings (SSSR count). The molecule has 4 fully saturated rings. The lowest BCUT2D eigenvalue weighted by Gasteiger charge is -2.60. The van der Waals surface area contributed by atoms with Crippen molar-refractivity contribution in [3.05, 3.63) is 10.1 Å². The second-order valence-corrected chi connectivity index (χ2v) is 6.60. The molecule has 4 heterocycles. The molecule has 0 aromatic carbocycles. The molecule has 0 N–H and O–H groups in total. The maximum Gasteiger partial charge on any atom is 0.160 e. The van der Waals surface area contributed by atoms with E-state index in [9.17, 15) is 10.1 Å². The maximum atomic E-state index is 11.0. The third-order valence-corrected chi connectivity index (χ3v) is 4.46. The highest BCUT2D eigenvalue weighted by Crippen LogP contribution is 2.28. The molecular formula is C10H20Br2N6O2. The van der Waals surface area contributed by atoms with Crippen molar-refractivity contribution < 1.29 is 26.5 Å². The summed E-state index contributed by atoms with van der Waals surface area (Å²) >= 11 is 3.28. The number of nitro groups is 1. The van der Waals surface area contributed by atoms with Crippen LogP contribution in [0, 0.1) is 10.1 Å². The van der Waals surface area contributed by atoms with E-state index in [1.165, 1.54) is 5.01 Å². The zero-order valence-corrected chi connectivity index (χ0v) is 14.5. The zero-order valence-electron chi connectivity index (χ0n) is 11.3. The van der Waals surface area contributed by atoms with Crippen LogP contribution in [0.25, 0.3) is 0 Å². The van der Waals surface area contributed by atoms with Crippen LogP contribution in [0.3, 0.4) is 0 Å². The minimum atomic E-state index is -0.271. The van der Waals surface area contributed by atoms with E-state index in [1.807, 2.05) is 0 Å². The molecule has 4 bridgehead atoms. The van der Waals surface area contributed by atoms with Crippen LogP contribution in [0.2, 0.25) is 0 Å². The minimum Gasteiger partial charge on any atom is -1.00 e. The Kier molecular flexibility index (Phi) is 5.24. The van der Waals surface area contributed by atoms with Crippen LogP contribution in [0.4, 0.5) is 0 Å². The third-order valence-electron chi connectivity index (χ3n) is 4.11. The van der Waals surface area contributed by atoms with E-state index in [0.717, 1.165) is 51.0 Å². The molecule has 0 aliphatic carbocycles. The second kappa shape index (κ2) is 6.41. The van der Waals surface area contributed by atoms with Gasteiger partial charge in [-0.05, 0) is 0 Å². The van der Waals surface area contributed by atoms with Crippen molar-refractivity contribution in [3.8, 4) is 0 Å². The highest BCUT2D eigenvalue weighted by molar-refractivity contribution is 9.09. The van der Waals surface area contributed by atoms with Gasteiger partial charge < -0.3 is 17.0 Å². The Hall–Kier alpha value is 0. The molecule has 4 aliphatic rings. The molecule has 8 nitrogen and oxygen atoms in total. The molecule has 0 amide bonds. The fourth-order valence-corrected chi connectivity index (χ4v) is 3.98. The summed E-state index contributed by atoms with van der Waals surface area (Å²) < 4.78 is 0.951. The summed E-state index contributed by atoms with van der Waals surface area (Å²) in [7, 11) is 0. The number of hydrogen-bond acceptors (Lipinski definition) is 5. The molecule has 0 atom stereocenters. The average molecular weight is 416 g/mol. The summed E-state index contributed by atoms with van der Waals surface area (Å²) in [5, 5.41) is 12.7. The monoisotopic (exact) mass is 414 g/mol. The molecule has 10 heteroatoms. The van der Waals surface area contributed by atoms with Crippen LogP contribution >= 0.6 is 15.9 Å². The van der Waals surface area contributed by atoms with E-state index in [1.54, 1.807) is 0 Å². The van der Waals surface area contributed by atoms with Gasteiger partial charge in [-0.2, -0.15) is 0 Å². The van der Waals surface area contributed by atoms with Gasteiger partial charge >= 0.3 is 0 Å². The van der Waals surface area contributed by atoms with Gasteiger partial charge in [-0.3, -0.25) is 4.48 Å². The van der Waals surface area contributed by atoms with Crippen LogP contribution in [-0.2, 0) is 0 Å². The summed E-state index contributed by atoms with van der Waals surface area (Å²) in [4.78, 5) is 18.3. The maximum absolute atomic E-state index is 11.0. The topological polar surface area (TPSA) is 56.1 Å². The minimum absolute atomic E-state index is 0. The normalized spacial score (nSPS) is 37.5. The Labute approximate surface area is 137 Å². The van der Waals surface area contributed by atoms with Gasteiger partial charge in [0.05, 0.1) is 26.6 Å². The van der Waals surface area contributed by atoms with Crippen molar-refractivity contribution in [2.75, 3.05) is 65.0 Å². The lowest BCUT2D eigenvalue weighted by Crippen LogP contribution is -3.00. The first-order chi connectivity index (χ1) is 9.10. The summed E-state index contributed by atoms with van der Waals surface area (Å²) in [5.74, 6) is 0. The standard InChI is InChI=1S/C10H20BrN6O2.BrH/c11-1-2-15(16(18)19)3-4-17-8-12-5-13(9-17)7-14(6-12)10-17;/h1-10H2;1H/q+1;/p-1. The fourth-order valence-electron chi connectivity index (χ4n) is 3.57. The molecular weight excluding hydrogens is 396 g/mol. The van der Waals surface area contributed by atoms with Crippen molar-refractivity contribution in [2.45, 2.75) is 0 Å². The Morgan fingerprint density at radius 1 is 1.10 bits per heavy atom. The molecule has 0 saturated carbocycles. The lowest BCUT2D eigenvalue weighted by atomic mass is 10.3. The van der Waals surface area contributed by atoms with Crippen LogP contribution in [0.5, 0.6) is 0 Å². The van der Waals surface area contributed by atoms with Crippen molar-refractivity contribution in [2.24, 2.45) is 0 Å². The first-order valence-electron chi connectivity index (χ1n) is 6.58. The average Bonchev–Trinajstić information content (AvgIpc) is 2.32. The van der Waals surface area contributed by atoms with E-state index in [-0.39, 0.29) is 22.0 Å². The predicted molar refractivity (Wildman–Crippen MR) is 72.2 cm³/mol. The van der Waals surface area contributed by atoms with Gasteiger partial charge in [0, 0.05) is 5.33 Å². The Morgan fingerprint density at radius 2 is 1.60 bits per heavy atom. The number of hydrazine groups is 1. The highest BCUT2D eigenvalue weighted by Gasteiger charge is 2.48. The molecule has 0 spiro atoms. The Bertz CT molecular complexity index is 336. The van der Waals surface area contributed by atoms with Crippen LogP contribution < -0.4 is 17.0 Å². The van der Waals surface area contributed by atoms with E-state index >= 15 is 0 Å². The second-order valence-electron chi connectivity index (χ2n) is 5.81. The zero-order chi connectivity index (χ0) is 13.5. The van der Waals surface area contributed by atoms with Crippen molar-refractivity contribution in [3.63, 3.8) is 0 Å². The summed E-state index contributed by atoms with van der Waals surface area (Å²) in [6.07, 6.45) is 0. The van der Waals surface area contributed by atoms with Crippen molar-refractivity contribution in [1.29, 1.82) is 0 Å². The van der Waals surface area contributed by atoms with E-state index in [0.29, 0.717) is 18.4 Å². The number of quaternary nitrogens is 1. The molecule has 4 saturated heterocycles. The van der Waals surface area contributed by atoms with Gasteiger partial charge in [-0.1, -0.05) is 15.9 Å². The Morgan fingerprint density at radius 3 is 2.00 bits per heavy atom. The molecule has 0 radical (unpaired) electrons. The summed E-state index contributed by atoms with van der Waals surface area (Å²) in [6.45, 7) is 8.09. The molecule has 0 aromatic rings. The number of hydrogen-bond donors (Lipinski definition) is 0. The SMILES string of the molecule is O=[N+]([O-])N(CCBr)CC[N+]12CN3CN(CN(C3)C1)C2.[Br-]. The summed E-state index contributed by atoms with van der Waals surface area (Å²) in [6, 6.07) is 0.